The lowest BCUT2D eigenvalue weighted by Gasteiger charge is -2.15. The fourth-order valence-electron chi connectivity index (χ4n) is 7.77. The predicted molar refractivity (Wildman–Crippen MR) is 203 cm³/mol. The lowest BCUT2D eigenvalue weighted by Crippen LogP contribution is -1.97. The molecule has 2 aromatic heterocycles. The largest absolute Gasteiger partial charge is 0.309 e. The van der Waals surface area contributed by atoms with Crippen LogP contribution in [0.4, 0.5) is 0 Å². The molecule has 2 heteroatoms. The lowest BCUT2D eigenvalue weighted by atomic mass is 9.95. The Morgan fingerprint density at radius 3 is 1.54 bits per heavy atom. The minimum atomic E-state index is 1.16. The Balaban J connectivity index is 1.26. The molecule has 2 heterocycles. The molecule has 0 aliphatic rings. The topological polar surface area (TPSA) is 9.86 Å². The van der Waals surface area contributed by atoms with Crippen LogP contribution in [0.5, 0.6) is 0 Å². The fourth-order valence-corrected chi connectivity index (χ4v) is 7.77. The zero-order chi connectivity index (χ0) is 31.6. The highest BCUT2D eigenvalue weighted by Gasteiger charge is 2.20. The molecule has 10 aromatic rings. The molecule has 2 nitrogen and oxygen atoms in total. The molecule has 0 bridgehead atoms. The number of benzene rings is 8. The Morgan fingerprint density at radius 2 is 0.812 bits per heavy atom. The number of nitrogens with zero attached hydrogens (tertiary/aromatic N) is 2. The summed E-state index contributed by atoms with van der Waals surface area (Å²) in [5, 5.41) is 7.53. The van der Waals surface area contributed by atoms with Gasteiger partial charge in [-0.15, -0.1) is 0 Å². The normalized spacial score (nSPS) is 11.8. The molecule has 0 radical (unpaired) electrons. The van der Waals surface area contributed by atoms with E-state index >= 15 is 0 Å². The van der Waals surface area contributed by atoms with Gasteiger partial charge in [-0.3, -0.25) is 0 Å². The zero-order valence-electron chi connectivity index (χ0n) is 26.2. The summed E-state index contributed by atoms with van der Waals surface area (Å²) < 4.78 is 4.89. The maximum atomic E-state index is 2.49. The molecule has 0 fully saturated rings. The van der Waals surface area contributed by atoms with Crippen molar-refractivity contribution in [3.8, 4) is 33.6 Å². The van der Waals surface area contributed by atoms with E-state index in [0.29, 0.717) is 0 Å². The first-order chi connectivity index (χ1) is 23.8. The molecule has 0 unspecified atom stereocenters. The molecule has 0 saturated carbocycles. The highest BCUT2D eigenvalue weighted by molar-refractivity contribution is 6.21. The van der Waals surface area contributed by atoms with Crippen molar-refractivity contribution in [2.24, 2.45) is 0 Å². The van der Waals surface area contributed by atoms with Crippen molar-refractivity contribution in [3.05, 3.63) is 182 Å². The molecule has 0 N–H and O–H groups in total. The Kier molecular flexibility index (Phi) is 5.91. The van der Waals surface area contributed by atoms with Gasteiger partial charge in [-0.2, -0.15) is 0 Å². The van der Waals surface area contributed by atoms with Crippen LogP contribution in [-0.2, 0) is 0 Å². The van der Waals surface area contributed by atoms with Crippen molar-refractivity contribution < 1.29 is 0 Å². The van der Waals surface area contributed by atoms with Crippen molar-refractivity contribution in [2.75, 3.05) is 0 Å². The minimum absolute atomic E-state index is 1.16. The minimum Gasteiger partial charge on any atom is -0.309 e. The van der Waals surface area contributed by atoms with Gasteiger partial charge in [-0.1, -0.05) is 133 Å². The smallest absolute Gasteiger partial charge is 0.0625 e. The lowest BCUT2D eigenvalue weighted by molar-refractivity contribution is 1.17. The highest BCUT2D eigenvalue weighted by Crippen LogP contribution is 2.43. The van der Waals surface area contributed by atoms with Gasteiger partial charge >= 0.3 is 0 Å². The Morgan fingerprint density at radius 1 is 0.292 bits per heavy atom. The molecule has 0 saturated heterocycles. The second kappa shape index (κ2) is 10.6. The van der Waals surface area contributed by atoms with Crippen molar-refractivity contribution >= 4 is 54.4 Å². The van der Waals surface area contributed by atoms with Crippen LogP contribution in [0, 0.1) is 0 Å². The molecule has 0 amide bonds. The van der Waals surface area contributed by atoms with Gasteiger partial charge in [-0.25, -0.2) is 0 Å². The summed E-state index contributed by atoms with van der Waals surface area (Å²) in [6.07, 6.45) is 0. The summed E-state index contributed by atoms with van der Waals surface area (Å²) >= 11 is 0. The van der Waals surface area contributed by atoms with Gasteiger partial charge in [0.05, 0.1) is 22.1 Å². The number of hydrogen-bond donors (Lipinski definition) is 0. The second-order valence-corrected chi connectivity index (χ2v) is 12.6. The summed E-state index contributed by atoms with van der Waals surface area (Å²) in [5.41, 5.74) is 12.1. The molecular weight excluding hydrogens is 581 g/mol. The molecule has 48 heavy (non-hydrogen) atoms. The number of rotatable bonds is 4. The SMILES string of the molecule is c1ccc(-c2ccc(-n3c4ccccc4c4cc(-n5c6ccccc6c6cc7ccccc7c(-c7ccccc7)c65)ccc43)cc2)cc1. The average Bonchev–Trinajstić information content (AvgIpc) is 3.67. The Bertz CT molecular complexity index is 2800. The van der Waals surface area contributed by atoms with Crippen molar-refractivity contribution in [1.29, 1.82) is 0 Å². The first kappa shape index (κ1) is 26.8. The molecule has 0 atom stereocenters. The maximum absolute atomic E-state index is 2.49. The summed E-state index contributed by atoms with van der Waals surface area (Å²) in [4.78, 5) is 0. The molecule has 0 spiro atoms. The van der Waals surface area contributed by atoms with Gasteiger partial charge in [0.2, 0.25) is 0 Å². The van der Waals surface area contributed by atoms with E-state index in [4.69, 9.17) is 0 Å². The van der Waals surface area contributed by atoms with Gasteiger partial charge in [0.15, 0.2) is 0 Å². The summed E-state index contributed by atoms with van der Waals surface area (Å²) in [6.45, 7) is 0. The van der Waals surface area contributed by atoms with Crippen molar-refractivity contribution in [2.45, 2.75) is 0 Å². The van der Waals surface area contributed by atoms with Gasteiger partial charge in [0.1, 0.15) is 0 Å². The van der Waals surface area contributed by atoms with E-state index < -0.39 is 0 Å². The van der Waals surface area contributed by atoms with E-state index in [9.17, 15) is 0 Å². The molecular formula is C46H30N2. The van der Waals surface area contributed by atoms with Gasteiger partial charge in [-0.05, 0) is 76.0 Å². The number of hydrogen-bond acceptors (Lipinski definition) is 0. The number of fused-ring (bicyclic) bond motifs is 7. The first-order valence-corrected chi connectivity index (χ1v) is 16.5. The van der Waals surface area contributed by atoms with Gasteiger partial charge in [0.25, 0.3) is 0 Å². The Hall–Kier alpha value is -6.38. The van der Waals surface area contributed by atoms with Crippen LogP contribution < -0.4 is 0 Å². The predicted octanol–water partition coefficient (Wildman–Crippen LogP) is 12.4. The number of para-hydroxylation sites is 2. The van der Waals surface area contributed by atoms with Gasteiger partial charge < -0.3 is 9.13 Å². The van der Waals surface area contributed by atoms with Crippen molar-refractivity contribution in [3.63, 3.8) is 0 Å². The van der Waals surface area contributed by atoms with E-state index in [0.717, 1.165) is 11.4 Å². The molecule has 0 aliphatic carbocycles. The highest BCUT2D eigenvalue weighted by atomic mass is 15.0. The van der Waals surface area contributed by atoms with Crippen LogP contribution in [-0.4, -0.2) is 9.13 Å². The number of aromatic nitrogens is 2. The third-order valence-corrected chi connectivity index (χ3v) is 9.89. The molecule has 224 valence electrons. The summed E-state index contributed by atoms with van der Waals surface area (Å²) in [5.74, 6) is 0. The van der Waals surface area contributed by atoms with E-state index in [1.807, 2.05) is 0 Å². The van der Waals surface area contributed by atoms with Crippen LogP contribution in [0.1, 0.15) is 0 Å². The van der Waals surface area contributed by atoms with E-state index in [1.165, 1.54) is 76.6 Å². The summed E-state index contributed by atoms with van der Waals surface area (Å²) in [7, 11) is 0. The molecule has 0 aliphatic heterocycles. The fraction of sp³-hybridized carbons (Fsp3) is 0. The van der Waals surface area contributed by atoms with E-state index in [1.54, 1.807) is 0 Å². The van der Waals surface area contributed by atoms with E-state index in [-0.39, 0.29) is 0 Å². The zero-order valence-corrected chi connectivity index (χ0v) is 26.2. The Labute approximate surface area is 278 Å². The summed E-state index contributed by atoms with van der Waals surface area (Å²) in [6, 6.07) is 66.2. The maximum Gasteiger partial charge on any atom is 0.0625 e. The van der Waals surface area contributed by atoms with Crippen molar-refractivity contribution in [1.82, 2.24) is 9.13 Å². The first-order valence-electron chi connectivity index (χ1n) is 16.5. The molecule has 8 aromatic carbocycles. The average molecular weight is 611 g/mol. The van der Waals surface area contributed by atoms with Gasteiger partial charge in [0, 0.05) is 38.5 Å². The van der Waals surface area contributed by atoms with Crippen LogP contribution in [0.3, 0.4) is 0 Å². The van der Waals surface area contributed by atoms with Crippen LogP contribution in [0.2, 0.25) is 0 Å². The van der Waals surface area contributed by atoms with Crippen LogP contribution >= 0.6 is 0 Å². The third kappa shape index (κ3) is 4.00. The second-order valence-electron chi connectivity index (χ2n) is 12.6. The van der Waals surface area contributed by atoms with E-state index in [2.05, 4.69) is 191 Å². The van der Waals surface area contributed by atoms with Crippen LogP contribution in [0.25, 0.3) is 88.0 Å². The standard InChI is InChI=1S/C46H30N2/c1-3-13-31(14-4-1)32-23-25-35(26-24-32)47-42-21-11-9-19-38(42)40-30-36(27-28-44(40)47)48-43-22-12-10-20-39(43)41-29-34-17-7-8-18-37(34)45(46(41)48)33-15-5-2-6-16-33/h1-30H. The quantitative estimate of drug-likeness (QED) is 0.188. The third-order valence-electron chi connectivity index (χ3n) is 9.89. The van der Waals surface area contributed by atoms with Crippen LogP contribution in [0.15, 0.2) is 182 Å². The monoisotopic (exact) mass is 610 g/mol. The molecule has 10 rings (SSSR count).